The van der Waals surface area contributed by atoms with Crippen molar-refractivity contribution < 1.29 is 9.53 Å². The highest BCUT2D eigenvalue weighted by Crippen LogP contribution is 2.18. The topological polar surface area (TPSA) is 43.3 Å². The average Bonchev–Trinajstić information content (AvgIpc) is 2.73. The Hall–Kier alpha value is -2.23. The van der Waals surface area contributed by atoms with Gasteiger partial charge in [0, 0.05) is 30.5 Å². The minimum absolute atomic E-state index is 0.000376. The Balaban J connectivity index is 1.97. The zero-order chi connectivity index (χ0) is 15.4. The number of hydrogen-bond donors (Lipinski definition) is 1. The minimum Gasteiger partial charge on any atom is -0.496 e. The van der Waals surface area contributed by atoms with Gasteiger partial charge in [0.15, 0.2) is 0 Å². The summed E-state index contributed by atoms with van der Waals surface area (Å²) in [6.45, 7) is 4.68. The zero-order valence-corrected chi connectivity index (χ0v) is 13.1. The van der Waals surface area contributed by atoms with Crippen LogP contribution in [0.15, 0.2) is 30.3 Å². The summed E-state index contributed by atoms with van der Waals surface area (Å²) in [4.78, 5) is 12.1. The summed E-state index contributed by atoms with van der Waals surface area (Å²) in [5.74, 6) is 0.750. The van der Waals surface area contributed by atoms with Crippen LogP contribution >= 0.6 is 0 Å². The van der Waals surface area contributed by atoms with E-state index in [-0.39, 0.29) is 5.91 Å². The van der Waals surface area contributed by atoms with Crippen molar-refractivity contribution in [2.45, 2.75) is 26.8 Å². The molecule has 1 N–H and O–H groups in total. The second-order valence-corrected chi connectivity index (χ2v) is 5.22. The summed E-state index contributed by atoms with van der Waals surface area (Å²) < 4.78 is 7.39. The lowest BCUT2D eigenvalue weighted by Gasteiger charge is -2.09. The van der Waals surface area contributed by atoms with Gasteiger partial charge in [-0.05, 0) is 31.5 Å². The van der Waals surface area contributed by atoms with Gasteiger partial charge in [0.25, 0.3) is 0 Å². The van der Waals surface area contributed by atoms with Gasteiger partial charge in [-0.2, -0.15) is 0 Å². The maximum atomic E-state index is 12.1. The second kappa shape index (κ2) is 6.48. The molecular formula is C17H22N2O2. The Morgan fingerprint density at radius 1 is 1.24 bits per heavy atom. The Labute approximate surface area is 125 Å². The van der Waals surface area contributed by atoms with Crippen LogP contribution in [-0.2, 0) is 24.8 Å². The van der Waals surface area contributed by atoms with Crippen molar-refractivity contribution in [1.29, 1.82) is 0 Å². The molecule has 112 valence electrons. The molecule has 0 aliphatic carbocycles. The average molecular weight is 286 g/mol. The molecule has 1 amide bonds. The van der Waals surface area contributed by atoms with Gasteiger partial charge >= 0.3 is 0 Å². The van der Waals surface area contributed by atoms with E-state index in [1.54, 1.807) is 7.11 Å². The number of ether oxygens (including phenoxy) is 1. The van der Waals surface area contributed by atoms with E-state index in [0.717, 1.165) is 16.9 Å². The monoisotopic (exact) mass is 286 g/mol. The first-order valence-electron chi connectivity index (χ1n) is 7.03. The third-order valence-electron chi connectivity index (χ3n) is 3.90. The largest absolute Gasteiger partial charge is 0.496 e. The summed E-state index contributed by atoms with van der Waals surface area (Å²) in [5, 5.41) is 2.97. The maximum Gasteiger partial charge on any atom is 0.224 e. The van der Waals surface area contributed by atoms with Crippen LogP contribution in [0.25, 0.3) is 0 Å². The van der Waals surface area contributed by atoms with Crippen molar-refractivity contribution in [2.75, 3.05) is 7.11 Å². The molecule has 0 aliphatic heterocycles. The van der Waals surface area contributed by atoms with Crippen LogP contribution in [0.3, 0.4) is 0 Å². The summed E-state index contributed by atoms with van der Waals surface area (Å²) in [7, 11) is 3.65. The van der Waals surface area contributed by atoms with E-state index in [9.17, 15) is 4.79 Å². The van der Waals surface area contributed by atoms with Gasteiger partial charge in [-0.25, -0.2) is 0 Å². The molecule has 0 aliphatic rings. The minimum atomic E-state index is 0.000376. The van der Waals surface area contributed by atoms with Gasteiger partial charge in [0.2, 0.25) is 5.91 Å². The molecule has 0 atom stereocenters. The van der Waals surface area contributed by atoms with Gasteiger partial charge in [0.1, 0.15) is 5.75 Å². The van der Waals surface area contributed by atoms with E-state index in [4.69, 9.17) is 4.74 Å². The molecule has 0 unspecified atom stereocenters. The van der Waals surface area contributed by atoms with Gasteiger partial charge in [-0.15, -0.1) is 0 Å². The number of benzene rings is 1. The van der Waals surface area contributed by atoms with Gasteiger partial charge in [-0.1, -0.05) is 18.2 Å². The highest BCUT2D eigenvalue weighted by Gasteiger charge is 2.10. The number of rotatable bonds is 5. The molecule has 1 aromatic carbocycles. The standard InChI is InChI=1S/C17H22N2O2/c1-12-9-15(13(2)19(12)3)11-18-17(20)10-14-7-5-6-8-16(14)21-4/h5-9H,10-11H2,1-4H3,(H,18,20). The number of carbonyl (C=O) groups is 1. The van der Waals surface area contributed by atoms with Gasteiger partial charge in [0.05, 0.1) is 13.5 Å². The molecule has 0 fully saturated rings. The van der Waals surface area contributed by atoms with Crippen LogP contribution in [0.1, 0.15) is 22.5 Å². The summed E-state index contributed by atoms with van der Waals surface area (Å²) >= 11 is 0. The van der Waals surface area contributed by atoms with Crippen molar-refractivity contribution in [3.05, 3.63) is 52.8 Å². The molecule has 2 rings (SSSR count). The first-order chi connectivity index (χ1) is 10.0. The van der Waals surface area contributed by atoms with E-state index in [2.05, 4.69) is 29.8 Å². The summed E-state index contributed by atoms with van der Waals surface area (Å²) in [6, 6.07) is 9.70. The third-order valence-corrected chi connectivity index (χ3v) is 3.90. The number of nitrogens with one attached hydrogen (secondary N) is 1. The smallest absolute Gasteiger partial charge is 0.224 e. The molecule has 0 spiro atoms. The third kappa shape index (κ3) is 3.45. The molecule has 0 saturated heterocycles. The molecular weight excluding hydrogens is 264 g/mol. The van der Waals surface area contributed by atoms with Crippen molar-refractivity contribution in [3.63, 3.8) is 0 Å². The summed E-state index contributed by atoms with van der Waals surface area (Å²) in [6.07, 6.45) is 0.328. The SMILES string of the molecule is COc1ccccc1CC(=O)NCc1cc(C)n(C)c1C. The highest BCUT2D eigenvalue weighted by atomic mass is 16.5. The predicted octanol–water partition coefficient (Wildman–Crippen LogP) is 2.51. The maximum absolute atomic E-state index is 12.1. The number of para-hydroxylation sites is 1. The molecule has 0 saturated carbocycles. The Kier molecular flexibility index (Phi) is 4.68. The van der Waals surface area contributed by atoms with Crippen LogP contribution in [0, 0.1) is 13.8 Å². The molecule has 4 heteroatoms. The molecule has 1 aromatic heterocycles. The lowest BCUT2D eigenvalue weighted by molar-refractivity contribution is -0.120. The van der Waals surface area contributed by atoms with Crippen LogP contribution in [0.5, 0.6) is 5.75 Å². The Morgan fingerprint density at radius 3 is 2.57 bits per heavy atom. The quantitative estimate of drug-likeness (QED) is 0.917. The lowest BCUT2D eigenvalue weighted by Crippen LogP contribution is -2.25. The van der Waals surface area contributed by atoms with Crippen molar-refractivity contribution in [1.82, 2.24) is 9.88 Å². The molecule has 1 heterocycles. The van der Waals surface area contributed by atoms with Crippen molar-refractivity contribution in [2.24, 2.45) is 7.05 Å². The number of hydrogen-bond acceptors (Lipinski definition) is 2. The first kappa shape index (κ1) is 15.2. The van der Waals surface area contributed by atoms with Crippen molar-refractivity contribution in [3.8, 4) is 5.75 Å². The predicted molar refractivity (Wildman–Crippen MR) is 83.4 cm³/mol. The summed E-state index contributed by atoms with van der Waals surface area (Å²) in [5.41, 5.74) is 4.44. The van der Waals surface area contributed by atoms with Crippen LogP contribution in [0.2, 0.25) is 0 Å². The fourth-order valence-electron chi connectivity index (χ4n) is 2.39. The molecule has 4 nitrogen and oxygen atoms in total. The highest BCUT2D eigenvalue weighted by molar-refractivity contribution is 5.79. The number of aryl methyl sites for hydroxylation is 1. The van der Waals surface area contributed by atoms with E-state index >= 15 is 0 Å². The molecule has 0 bridgehead atoms. The van der Waals surface area contributed by atoms with E-state index in [1.807, 2.05) is 31.3 Å². The van der Waals surface area contributed by atoms with Crippen LogP contribution in [0.4, 0.5) is 0 Å². The Morgan fingerprint density at radius 2 is 1.95 bits per heavy atom. The van der Waals surface area contributed by atoms with Gasteiger partial charge in [-0.3, -0.25) is 4.79 Å². The lowest BCUT2D eigenvalue weighted by atomic mass is 10.1. The first-order valence-corrected chi connectivity index (χ1v) is 7.03. The van der Waals surface area contributed by atoms with Crippen LogP contribution < -0.4 is 10.1 Å². The number of carbonyl (C=O) groups excluding carboxylic acids is 1. The van der Waals surface area contributed by atoms with E-state index in [1.165, 1.54) is 11.4 Å². The normalized spacial score (nSPS) is 10.5. The zero-order valence-electron chi connectivity index (χ0n) is 13.1. The number of methoxy groups -OCH3 is 1. The van der Waals surface area contributed by atoms with Crippen LogP contribution in [-0.4, -0.2) is 17.6 Å². The molecule has 2 aromatic rings. The Bertz CT molecular complexity index is 644. The van der Waals surface area contributed by atoms with E-state index in [0.29, 0.717) is 13.0 Å². The molecule has 21 heavy (non-hydrogen) atoms. The number of nitrogens with zero attached hydrogens (tertiary/aromatic N) is 1. The number of aromatic nitrogens is 1. The van der Waals surface area contributed by atoms with E-state index < -0.39 is 0 Å². The number of amides is 1. The fourth-order valence-corrected chi connectivity index (χ4v) is 2.39. The fraction of sp³-hybridized carbons (Fsp3) is 0.353. The second-order valence-electron chi connectivity index (χ2n) is 5.22. The van der Waals surface area contributed by atoms with Crippen molar-refractivity contribution >= 4 is 5.91 Å². The molecule has 0 radical (unpaired) electrons. The van der Waals surface area contributed by atoms with Gasteiger partial charge < -0.3 is 14.6 Å².